The zero-order chi connectivity index (χ0) is 14.8. The molecule has 2 aromatic carbocycles. The molecule has 2 unspecified atom stereocenters. The highest BCUT2D eigenvalue weighted by Crippen LogP contribution is 2.40. The Kier molecular flexibility index (Phi) is 4.12. The highest BCUT2D eigenvalue weighted by atomic mass is 14.9. The predicted octanol–water partition coefficient (Wildman–Crippen LogP) is 4.68. The van der Waals surface area contributed by atoms with E-state index in [-0.39, 0.29) is 0 Å². The van der Waals surface area contributed by atoms with Crippen LogP contribution in [-0.4, -0.2) is 6.54 Å². The van der Waals surface area contributed by atoms with Gasteiger partial charge in [0.25, 0.3) is 0 Å². The SMILES string of the molecule is CCNC(CC1Cc2ccccc21)c1ccc(C)c(C)c1. The van der Waals surface area contributed by atoms with E-state index in [1.165, 1.54) is 35.1 Å². The Morgan fingerprint density at radius 1 is 1.10 bits per heavy atom. The predicted molar refractivity (Wildman–Crippen MR) is 89.8 cm³/mol. The second-order valence-electron chi connectivity index (χ2n) is 6.29. The molecular weight excluding hydrogens is 254 g/mol. The number of fused-ring (bicyclic) bond motifs is 1. The zero-order valence-corrected chi connectivity index (χ0v) is 13.3. The van der Waals surface area contributed by atoms with Gasteiger partial charge in [-0.05, 0) is 67.0 Å². The van der Waals surface area contributed by atoms with E-state index in [0.717, 1.165) is 6.54 Å². The maximum absolute atomic E-state index is 3.68. The highest BCUT2D eigenvalue weighted by molar-refractivity contribution is 5.40. The molecule has 1 N–H and O–H groups in total. The molecule has 0 bridgehead atoms. The van der Waals surface area contributed by atoms with Crippen LogP contribution in [0.3, 0.4) is 0 Å². The van der Waals surface area contributed by atoms with Gasteiger partial charge < -0.3 is 5.32 Å². The molecular formula is C20H25N. The van der Waals surface area contributed by atoms with Crippen LogP contribution in [0.15, 0.2) is 42.5 Å². The van der Waals surface area contributed by atoms with Gasteiger partial charge in [-0.15, -0.1) is 0 Å². The van der Waals surface area contributed by atoms with Crippen LogP contribution in [0, 0.1) is 13.8 Å². The summed E-state index contributed by atoms with van der Waals surface area (Å²) < 4.78 is 0. The summed E-state index contributed by atoms with van der Waals surface area (Å²) in [5.41, 5.74) is 7.30. The van der Waals surface area contributed by atoms with Gasteiger partial charge in [0.15, 0.2) is 0 Å². The van der Waals surface area contributed by atoms with Crippen LogP contribution in [0.2, 0.25) is 0 Å². The summed E-state index contributed by atoms with van der Waals surface area (Å²) in [6, 6.07) is 16.3. The highest BCUT2D eigenvalue weighted by Gasteiger charge is 2.28. The van der Waals surface area contributed by atoms with Crippen LogP contribution in [-0.2, 0) is 6.42 Å². The van der Waals surface area contributed by atoms with Gasteiger partial charge in [0.2, 0.25) is 0 Å². The summed E-state index contributed by atoms with van der Waals surface area (Å²) in [5, 5.41) is 3.68. The third-order valence-corrected chi connectivity index (χ3v) is 4.87. The molecule has 0 heterocycles. The summed E-state index contributed by atoms with van der Waals surface area (Å²) >= 11 is 0. The summed E-state index contributed by atoms with van der Waals surface area (Å²) in [5.74, 6) is 0.715. The first-order valence-electron chi connectivity index (χ1n) is 8.07. The van der Waals surface area contributed by atoms with E-state index in [0.29, 0.717) is 12.0 Å². The van der Waals surface area contributed by atoms with Crippen molar-refractivity contribution in [2.75, 3.05) is 6.54 Å². The second kappa shape index (κ2) is 6.03. The summed E-state index contributed by atoms with van der Waals surface area (Å²) in [4.78, 5) is 0. The first-order valence-corrected chi connectivity index (χ1v) is 8.07. The minimum atomic E-state index is 0.465. The molecule has 0 saturated heterocycles. The summed E-state index contributed by atoms with van der Waals surface area (Å²) in [6.07, 6.45) is 2.44. The number of benzene rings is 2. The number of aryl methyl sites for hydroxylation is 2. The fourth-order valence-corrected chi connectivity index (χ4v) is 3.42. The molecule has 1 nitrogen and oxygen atoms in total. The first-order chi connectivity index (χ1) is 10.2. The largest absolute Gasteiger partial charge is 0.310 e. The van der Waals surface area contributed by atoms with Crippen molar-refractivity contribution in [3.63, 3.8) is 0 Å². The van der Waals surface area contributed by atoms with Crippen LogP contribution >= 0.6 is 0 Å². The second-order valence-corrected chi connectivity index (χ2v) is 6.29. The van der Waals surface area contributed by atoms with Crippen LogP contribution in [0.25, 0.3) is 0 Å². The lowest BCUT2D eigenvalue weighted by Gasteiger charge is -2.33. The molecule has 0 aliphatic heterocycles. The Bertz CT molecular complexity index is 629. The van der Waals surface area contributed by atoms with Gasteiger partial charge in [-0.3, -0.25) is 0 Å². The van der Waals surface area contributed by atoms with Gasteiger partial charge >= 0.3 is 0 Å². The fourth-order valence-electron chi connectivity index (χ4n) is 3.42. The van der Waals surface area contributed by atoms with Crippen molar-refractivity contribution < 1.29 is 0 Å². The third-order valence-electron chi connectivity index (χ3n) is 4.87. The van der Waals surface area contributed by atoms with Gasteiger partial charge in [-0.1, -0.05) is 49.4 Å². The maximum Gasteiger partial charge on any atom is 0.0326 e. The van der Waals surface area contributed by atoms with E-state index in [1.54, 1.807) is 5.56 Å². The minimum absolute atomic E-state index is 0.465. The molecule has 0 aromatic heterocycles. The molecule has 3 rings (SSSR count). The molecule has 21 heavy (non-hydrogen) atoms. The quantitative estimate of drug-likeness (QED) is 0.837. The van der Waals surface area contributed by atoms with E-state index in [9.17, 15) is 0 Å². The van der Waals surface area contributed by atoms with Gasteiger partial charge in [0, 0.05) is 6.04 Å². The van der Waals surface area contributed by atoms with Gasteiger partial charge in [-0.2, -0.15) is 0 Å². The molecule has 0 fully saturated rings. The Hall–Kier alpha value is -1.60. The first kappa shape index (κ1) is 14.3. The van der Waals surface area contributed by atoms with Gasteiger partial charge in [-0.25, -0.2) is 0 Å². The van der Waals surface area contributed by atoms with Crippen molar-refractivity contribution in [2.45, 2.75) is 45.6 Å². The van der Waals surface area contributed by atoms with E-state index in [2.05, 4.69) is 68.6 Å². The fraction of sp³-hybridized carbons (Fsp3) is 0.400. The monoisotopic (exact) mass is 279 g/mol. The van der Waals surface area contributed by atoms with E-state index in [4.69, 9.17) is 0 Å². The van der Waals surface area contributed by atoms with Gasteiger partial charge in [0.1, 0.15) is 0 Å². The molecule has 0 saturated carbocycles. The van der Waals surface area contributed by atoms with Crippen molar-refractivity contribution in [3.05, 3.63) is 70.3 Å². The topological polar surface area (TPSA) is 12.0 Å². The molecule has 1 aliphatic carbocycles. The molecule has 1 heteroatoms. The average molecular weight is 279 g/mol. The Balaban J connectivity index is 1.78. The van der Waals surface area contributed by atoms with Crippen LogP contribution in [0.1, 0.15) is 53.1 Å². The molecule has 2 aromatic rings. The van der Waals surface area contributed by atoms with E-state index in [1.807, 2.05) is 0 Å². The van der Waals surface area contributed by atoms with Crippen LogP contribution in [0.4, 0.5) is 0 Å². The van der Waals surface area contributed by atoms with E-state index < -0.39 is 0 Å². The average Bonchev–Trinajstić information content (AvgIpc) is 2.46. The molecule has 0 amide bonds. The Morgan fingerprint density at radius 3 is 2.62 bits per heavy atom. The molecule has 2 atom stereocenters. The lowest BCUT2D eigenvalue weighted by Crippen LogP contribution is -2.27. The van der Waals surface area contributed by atoms with Crippen molar-refractivity contribution in [3.8, 4) is 0 Å². The number of rotatable bonds is 5. The Labute approximate surface area is 128 Å². The molecule has 110 valence electrons. The molecule has 1 aliphatic rings. The Morgan fingerprint density at radius 2 is 1.90 bits per heavy atom. The number of hydrogen-bond acceptors (Lipinski definition) is 1. The molecule has 0 radical (unpaired) electrons. The maximum atomic E-state index is 3.68. The lowest BCUT2D eigenvalue weighted by atomic mass is 9.73. The normalized spacial score (nSPS) is 18.0. The summed E-state index contributed by atoms with van der Waals surface area (Å²) in [7, 11) is 0. The van der Waals surface area contributed by atoms with Crippen molar-refractivity contribution in [1.82, 2.24) is 5.32 Å². The van der Waals surface area contributed by atoms with Crippen molar-refractivity contribution in [2.24, 2.45) is 0 Å². The number of hydrogen-bond donors (Lipinski definition) is 1. The van der Waals surface area contributed by atoms with Crippen LogP contribution in [0.5, 0.6) is 0 Å². The van der Waals surface area contributed by atoms with Crippen molar-refractivity contribution in [1.29, 1.82) is 0 Å². The zero-order valence-electron chi connectivity index (χ0n) is 13.3. The van der Waals surface area contributed by atoms with Crippen molar-refractivity contribution >= 4 is 0 Å². The third kappa shape index (κ3) is 2.89. The smallest absolute Gasteiger partial charge is 0.0326 e. The number of nitrogens with one attached hydrogen (secondary N) is 1. The standard InChI is InChI=1S/C20H25N/c1-4-21-20(17-10-9-14(2)15(3)11-17)13-18-12-16-7-5-6-8-19(16)18/h5-11,18,20-21H,4,12-13H2,1-3H3. The minimum Gasteiger partial charge on any atom is -0.310 e. The van der Waals surface area contributed by atoms with Crippen LogP contribution < -0.4 is 5.32 Å². The van der Waals surface area contributed by atoms with E-state index >= 15 is 0 Å². The lowest BCUT2D eigenvalue weighted by molar-refractivity contribution is 0.435. The molecule has 0 spiro atoms. The van der Waals surface area contributed by atoms with Gasteiger partial charge in [0.05, 0.1) is 0 Å². The summed E-state index contributed by atoms with van der Waals surface area (Å²) in [6.45, 7) is 7.61.